The number of rotatable bonds is 4. The van der Waals surface area contributed by atoms with Crippen molar-refractivity contribution in [2.24, 2.45) is 5.73 Å². The highest BCUT2D eigenvalue weighted by Gasteiger charge is 2.25. The lowest BCUT2D eigenvalue weighted by molar-refractivity contribution is 0.292. The summed E-state index contributed by atoms with van der Waals surface area (Å²) >= 11 is 1.65. The van der Waals surface area contributed by atoms with Crippen LogP contribution in [0.4, 0.5) is 0 Å². The molecule has 0 bridgehead atoms. The van der Waals surface area contributed by atoms with Crippen molar-refractivity contribution < 1.29 is 4.74 Å². The summed E-state index contributed by atoms with van der Waals surface area (Å²) < 4.78 is 5.83. The zero-order valence-electron chi connectivity index (χ0n) is 8.19. The molecule has 76 valence electrons. The number of nitrogens with zero attached hydrogens (tertiary/aromatic N) is 1. The summed E-state index contributed by atoms with van der Waals surface area (Å²) in [5.74, 6) is 0.942. The van der Waals surface area contributed by atoms with Crippen molar-refractivity contribution >= 4 is 11.8 Å². The summed E-state index contributed by atoms with van der Waals surface area (Å²) in [5.41, 5.74) is 6.64. The maximum absolute atomic E-state index is 5.83. The van der Waals surface area contributed by atoms with Gasteiger partial charge in [0.1, 0.15) is 5.75 Å². The van der Waals surface area contributed by atoms with Gasteiger partial charge in [-0.2, -0.15) is 0 Å². The van der Waals surface area contributed by atoms with E-state index in [1.807, 2.05) is 12.5 Å². The van der Waals surface area contributed by atoms with Crippen LogP contribution in [0.1, 0.15) is 18.4 Å². The van der Waals surface area contributed by atoms with Gasteiger partial charge >= 0.3 is 0 Å². The molecule has 0 unspecified atom stereocenters. The molecule has 2 N–H and O–H groups in total. The molecule has 1 aliphatic rings. The Morgan fingerprint density at radius 3 is 2.93 bits per heavy atom. The van der Waals surface area contributed by atoms with E-state index in [2.05, 4.69) is 4.98 Å². The van der Waals surface area contributed by atoms with Gasteiger partial charge in [-0.3, -0.25) is 4.98 Å². The standard InChI is InChI=1S/C10H14N2OS/c1-14-9-6-12-5-7(4-11)10(9)13-8-2-3-8/h5-6,8H,2-4,11H2,1H3. The van der Waals surface area contributed by atoms with Crippen LogP contribution in [0.5, 0.6) is 5.75 Å². The van der Waals surface area contributed by atoms with Gasteiger partial charge in [0.05, 0.1) is 11.0 Å². The minimum Gasteiger partial charge on any atom is -0.489 e. The second-order valence-corrected chi connectivity index (χ2v) is 4.20. The summed E-state index contributed by atoms with van der Waals surface area (Å²) in [6, 6.07) is 0. The third-order valence-electron chi connectivity index (χ3n) is 2.19. The molecule has 1 saturated carbocycles. The molecule has 0 aromatic carbocycles. The fraction of sp³-hybridized carbons (Fsp3) is 0.500. The van der Waals surface area contributed by atoms with Crippen molar-refractivity contribution in [1.29, 1.82) is 0 Å². The van der Waals surface area contributed by atoms with Crippen molar-refractivity contribution in [3.63, 3.8) is 0 Å². The monoisotopic (exact) mass is 210 g/mol. The second kappa shape index (κ2) is 4.19. The van der Waals surface area contributed by atoms with E-state index < -0.39 is 0 Å². The number of nitrogens with two attached hydrogens (primary N) is 1. The Morgan fingerprint density at radius 1 is 1.57 bits per heavy atom. The SMILES string of the molecule is CSc1cncc(CN)c1OC1CC1. The van der Waals surface area contributed by atoms with Crippen LogP contribution in [0.25, 0.3) is 0 Å². The summed E-state index contributed by atoms with van der Waals surface area (Å²) in [7, 11) is 0. The van der Waals surface area contributed by atoms with Gasteiger partial charge in [-0.25, -0.2) is 0 Å². The molecule has 0 spiro atoms. The molecule has 2 rings (SSSR count). The lowest BCUT2D eigenvalue weighted by Crippen LogP contribution is -2.05. The van der Waals surface area contributed by atoms with Crippen molar-refractivity contribution in [3.8, 4) is 5.75 Å². The normalized spacial score (nSPS) is 15.6. The predicted octanol–water partition coefficient (Wildman–Crippen LogP) is 1.80. The van der Waals surface area contributed by atoms with E-state index in [0.717, 1.165) is 16.2 Å². The molecule has 0 amide bonds. The Morgan fingerprint density at radius 2 is 2.36 bits per heavy atom. The van der Waals surface area contributed by atoms with E-state index in [0.29, 0.717) is 12.6 Å². The van der Waals surface area contributed by atoms with Gasteiger partial charge in [-0.15, -0.1) is 11.8 Å². The van der Waals surface area contributed by atoms with Crippen LogP contribution in [0.2, 0.25) is 0 Å². The highest BCUT2D eigenvalue weighted by Crippen LogP contribution is 2.35. The van der Waals surface area contributed by atoms with E-state index in [-0.39, 0.29) is 0 Å². The van der Waals surface area contributed by atoms with E-state index in [1.54, 1.807) is 18.0 Å². The highest BCUT2D eigenvalue weighted by molar-refractivity contribution is 7.98. The average molecular weight is 210 g/mol. The first-order valence-electron chi connectivity index (χ1n) is 4.72. The molecule has 1 aromatic heterocycles. The molecule has 4 heteroatoms. The van der Waals surface area contributed by atoms with Crippen LogP contribution in [0, 0.1) is 0 Å². The van der Waals surface area contributed by atoms with Crippen molar-refractivity contribution in [1.82, 2.24) is 4.98 Å². The van der Waals surface area contributed by atoms with Crippen LogP contribution >= 0.6 is 11.8 Å². The molecule has 3 nitrogen and oxygen atoms in total. The van der Waals surface area contributed by atoms with Gasteiger partial charge in [0.25, 0.3) is 0 Å². The van der Waals surface area contributed by atoms with Crippen LogP contribution < -0.4 is 10.5 Å². The quantitative estimate of drug-likeness (QED) is 0.770. The maximum atomic E-state index is 5.83. The van der Waals surface area contributed by atoms with Gasteiger partial charge < -0.3 is 10.5 Å². The summed E-state index contributed by atoms with van der Waals surface area (Å²) in [5, 5.41) is 0. The van der Waals surface area contributed by atoms with Crippen molar-refractivity contribution in [3.05, 3.63) is 18.0 Å². The molecule has 1 heterocycles. The number of pyridine rings is 1. The molecular weight excluding hydrogens is 196 g/mol. The first-order valence-corrected chi connectivity index (χ1v) is 5.95. The summed E-state index contributed by atoms with van der Waals surface area (Å²) in [6.07, 6.45) is 8.39. The topological polar surface area (TPSA) is 48.1 Å². The van der Waals surface area contributed by atoms with Gasteiger partial charge in [0.2, 0.25) is 0 Å². The fourth-order valence-corrected chi connectivity index (χ4v) is 1.78. The Balaban J connectivity index is 2.29. The minimum atomic E-state index is 0.411. The van der Waals surface area contributed by atoms with E-state index in [1.165, 1.54) is 12.8 Å². The van der Waals surface area contributed by atoms with Crippen LogP contribution in [-0.2, 0) is 6.54 Å². The second-order valence-electron chi connectivity index (χ2n) is 3.35. The molecule has 1 aromatic rings. The first-order chi connectivity index (χ1) is 6.85. The van der Waals surface area contributed by atoms with E-state index in [9.17, 15) is 0 Å². The van der Waals surface area contributed by atoms with Gasteiger partial charge in [-0.05, 0) is 19.1 Å². The van der Waals surface area contributed by atoms with Gasteiger partial charge in [0, 0.05) is 24.5 Å². The number of hydrogen-bond donors (Lipinski definition) is 1. The molecule has 0 aliphatic heterocycles. The highest BCUT2D eigenvalue weighted by atomic mass is 32.2. The van der Waals surface area contributed by atoms with Gasteiger partial charge in [-0.1, -0.05) is 0 Å². The number of hydrogen-bond acceptors (Lipinski definition) is 4. The molecule has 0 radical (unpaired) electrons. The summed E-state index contributed by atoms with van der Waals surface area (Å²) in [4.78, 5) is 5.22. The Kier molecular flexibility index (Phi) is 2.93. The number of ether oxygens (including phenoxy) is 1. The maximum Gasteiger partial charge on any atom is 0.140 e. The van der Waals surface area contributed by atoms with Crippen molar-refractivity contribution in [2.75, 3.05) is 6.26 Å². The largest absolute Gasteiger partial charge is 0.489 e. The molecule has 1 aliphatic carbocycles. The third kappa shape index (κ3) is 2.01. The number of aromatic nitrogens is 1. The predicted molar refractivity (Wildman–Crippen MR) is 57.6 cm³/mol. The average Bonchev–Trinajstić information content (AvgIpc) is 3.02. The zero-order chi connectivity index (χ0) is 9.97. The molecule has 1 fully saturated rings. The van der Waals surface area contributed by atoms with Gasteiger partial charge in [0.15, 0.2) is 0 Å². The molecule has 0 saturated heterocycles. The lowest BCUT2D eigenvalue weighted by atomic mass is 10.2. The Hall–Kier alpha value is -0.740. The van der Waals surface area contributed by atoms with E-state index in [4.69, 9.17) is 10.5 Å². The Labute approximate surface area is 88.0 Å². The zero-order valence-corrected chi connectivity index (χ0v) is 9.01. The minimum absolute atomic E-state index is 0.411. The third-order valence-corrected chi connectivity index (χ3v) is 2.92. The summed E-state index contributed by atoms with van der Waals surface area (Å²) in [6.45, 7) is 0.490. The van der Waals surface area contributed by atoms with Crippen molar-refractivity contribution in [2.45, 2.75) is 30.4 Å². The lowest BCUT2D eigenvalue weighted by Gasteiger charge is -2.12. The van der Waals surface area contributed by atoms with E-state index >= 15 is 0 Å². The fourth-order valence-electron chi connectivity index (χ4n) is 1.25. The van der Waals surface area contributed by atoms with Crippen LogP contribution in [0.15, 0.2) is 17.3 Å². The van der Waals surface area contributed by atoms with Crippen LogP contribution in [0.3, 0.4) is 0 Å². The first kappa shape index (κ1) is 9.80. The Bertz CT molecular complexity index is 304. The molecule has 0 atom stereocenters. The molecular formula is C10H14N2OS. The number of thioether (sulfide) groups is 1. The van der Waals surface area contributed by atoms with Crippen LogP contribution in [-0.4, -0.2) is 17.3 Å². The smallest absolute Gasteiger partial charge is 0.140 e. The molecule has 14 heavy (non-hydrogen) atoms.